The number of amides is 3. The van der Waals surface area contributed by atoms with Crippen molar-refractivity contribution in [1.29, 1.82) is 0 Å². The van der Waals surface area contributed by atoms with E-state index in [1.165, 1.54) is 29.2 Å². The highest BCUT2D eigenvalue weighted by Gasteiger charge is 2.24. The third-order valence-electron chi connectivity index (χ3n) is 7.42. The van der Waals surface area contributed by atoms with Crippen molar-refractivity contribution in [2.45, 2.75) is 17.1 Å². The van der Waals surface area contributed by atoms with Crippen molar-refractivity contribution in [2.24, 2.45) is 0 Å². The number of carbonyl (C=O) groups is 3. The van der Waals surface area contributed by atoms with Crippen LogP contribution in [0.1, 0.15) is 33.7 Å². The average Bonchev–Trinajstić information content (AvgIpc) is 3.54. The van der Waals surface area contributed by atoms with Gasteiger partial charge in [0.2, 0.25) is 5.91 Å². The molecule has 1 heterocycles. The number of hydrogen-bond acceptors (Lipinski definition) is 7. The van der Waals surface area contributed by atoms with E-state index in [9.17, 15) is 14.4 Å². The van der Waals surface area contributed by atoms with Crippen molar-refractivity contribution in [1.82, 2.24) is 10.3 Å². The third kappa shape index (κ3) is 9.16. The van der Waals surface area contributed by atoms with E-state index in [1.807, 2.05) is 67.6 Å². The number of rotatable bonds is 12. The van der Waals surface area contributed by atoms with Crippen LogP contribution in [0.5, 0.6) is 5.75 Å². The zero-order chi connectivity index (χ0) is 35.7. The van der Waals surface area contributed by atoms with E-state index >= 15 is 0 Å². The first kappa shape index (κ1) is 35.7. The number of thiazole rings is 1. The predicted octanol–water partition coefficient (Wildman–Crippen LogP) is 9.88. The molecule has 3 N–H and O–H groups in total. The molecule has 1 unspecified atom stereocenters. The van der Waals surface area contributed by atoms with Crippen LogP contribution >= 0.6 is 46.3 Å². The molecule has 1 aromatic heterocycles. The Kier molecular flexibility index (Phi) is 11.7. The van der Waals surface area contributed by atoms with E-state index in [0.717, 1.165) is 26.4 Å². The first-order chi connectivity index (χ1) is 24.8. The van der Waals surface area contributed by atoms with Crippen LogP contribution in [0.2, 0.25) is 10.0 Å². The Morgan fingerprint density at radius 3 is 2.22 bits per heavy atom. The van der Waals surface area contributed by atoms with Crippen molar-refractivity contribution < 1.29 is 19.1 Å². The summed E-state index contributed by atoms with van der Waals surface area (Å²) in [5.74, 6) is -0.535. The second-order valence-electron chi connectivity index (χ2n) is 11.0. The maximum absolute atomic E-state index is 13.7. The van der Waals surface area contributed by atoms with Gasteiger partial charge in [0.25, 0.3) is 11.8 Å². The minimum Gasteiger partial charge on any atom is -0.494 e. The molecule has 0 bridgehead atoms. The molecular weight excluding hydrogens is 723 g/mol. The van der Waals surface area contributed by atoms with Crippen LogP contribution in [0.4, 0.5) is 10.8 Å². The molecule has 1 atom stereocenters. The number of thioether (sulfide) groups is 1. The highest BCUT2D eigenvalue weighted by molar-refractivity contribution is 8.00. The maximum Gasteiger partial charge on any atom is 0.272 e. The smallest absolute Gasteiger partial charge is 0.272 e. The first-order valence-corrected chi connectivity index (χ1v) is 18.2. The molecule has 0 radical (unpaired) electrons. The van der Waals surface area contributed by atoms with Gasteiger partial charge in [0.15, 0.2) is 5.13 Å². The quantitative estimate of drug-likeness (QED) is 0.0848. The minimum atomic E-state index is -0.597. The average molecular weight is 754 g/mol. The Balaban J connectivity index is 1.19. The zero-order valence-corrected chi connectivity index (χ0v) is 30.2. The molecule has 6 aromatic rings. The number of fused-ring (bicyclic) bond motifs is 1. The van der Waals surface area contributed by atoms with Crippen LogP contribution in [0.15, 0.2) is 132 Å². The molecule has 0 saturated carbocycles. The molecule has 3 amide bonds. The summed E-state index contributed by atoms with van der Waals surface area (Å²) in [5, 5.41) is 9.06. The van der Waals surface area contributed by atoms with Gasteiger partial charge in [-0.3, -0.25) is 14.4 Å². The fourth-order valence-corrected chi connectivity index (χ4v) is 7.40. The number of nitrogens with one attached hydrogen (secondary N) is 3. The van der Waals surface area contributed by atoms with E-state index in [4.69, 9.17) is 27.9 Å². The minimum absolute atomic E-state index is 0.0536. The molecular formula is C39H30Cl2N4O4S2. The fourth-order valence-electron chi connectivity index (χ4n) is 4.97. The second kappa shape index (κ2) is 16.7. The lowest BCUT2D eigenvalue weighted by molar-refractivity contribution is -0.116. The van der Waals surface area contributed by atoms with Crippen LogP contribution < -0.4 is 20.7 Å². The van der Waals surface area contributed by atoms with Crippen molar-refractivity contribution in [3.63, 3.8) is 0 Å². The molecule has 51 heavy (non-hydrogen) atoms. The standard InChI is InChI=1S/C39H30Cl2N4O4S2/c1-2-49-27-18-21-32-34(22-27)51-39(44-32)45-38(48)35(24-10-5-3-6-11-24)50-28-19-16-26(17-20-28)42-37(47)33(23-29-30(40)14-9-15-31(29)41)43-36(46)25-12-7-4-8-13-25/h3-23,35H,2H2,1H3,(H,42,47)(H,43,46)(H,44,45,48)/b33-23-. The number of hydrogen-bond donors (Lipinski definition) is 3. The summed E-state index contributed by atoms with van der Waals surface area (Å²) in [6.07, 6.45) is 1.44. The van der Waals surface area contributed by atoms with Crippen molar-refractivity contribution in [3.8, 4) is 5.75 Å². The molecule has 0 aliphatic carbocycles. The van der Waals surface area contributed by atoms with Gasteiger partial charge in [-0.15, -0.1) is 11.8 Å². The summed E-state index contributed by atoms with van der Waals surface area (Å²) in [5.41, 5.74) is 2.77. The molecule has 0 aliphatic heterocycles. The molecule has 12 heteroatoms. The Morgan fingerprint density at radius 2 is 1.53 bits per heavy atom. The van der Waals surface area contributed by atoms with Gasteiger partial charge in [0.1, 0.15) is 16.7 Å². The Hall–Kier alpha value is -5.13. The van der Waals surface area contributed by atoms with Gasteiger partial charge in [-0.1, -0.05) is 89.1 Å². The molecule has 0 aliphatic rings. The molecule has 0 spiro atoms. The van der Waals surface area contributed by atoms with Crippen LogP contribution in [0.25, 0.3) is 16.3 Å². The Labute approximate surface area is 312 Å². The summed E-state index contributed by atoms with van der Waals surface area (Å²) in [6.45, 7) is 2.48. The summed E-state index contributed by atoms with van der Waals surface area (Å²) < 4.78 is 6.52. The number of halogens is 2. The zero-order valence-electron chi connectivity index (χ0n) is 27.1. The van der Waals surface area contributed by atoms with Gasteiger partial charge in [0, 0.05) is 31.8 Å². The number of carbonyl (C=O) groups excluding carboxylic acids is 3. The van der Waals surface area contributed by atoms with Gasteiger partial charge in [-0.2, -0.15) is 0 Å². The van der Waals surface area contributed by atoms with Gasteiger partial charge >= 0.3 is 0 Å². The van der Waals surface area contributed by atoms with Gasteiger partial charge in [-0.25, -0.2) is 4.98 Å². The molecule has 8 nitrogen and oxygen atoms in total. The Morgan fingerprint density at radius 1 is 0.843 bits per heavy atom. The van der Waals surface area contributed by atoms with E-state index in [-0.39, 0.29) is 11.6 Å². The van der Waals surface area contributed by atoms with Crippen LogP contribution in [0.3, 0.4) is 0 Å². The van der Waals surface area contributed by atoms with Gasteiger partial charge in [-0.05, 0) is 85.3 Å². The van der Waals surface area contributed by atoms with E-state index in [1.54, 1.807) is 60.7 Å². The SMILES string of the molecule is CCOc1ccc2nc(NC(=O)C(Sc3ccc(NC(=O)/C(=C/c4c(Cl)cccc4Cl)NC(=O)c4ccccc4)cc3)c3ccccc3)sc2c1. The van der Waals surface area contributed by atoms with Crippen LogP contribution in [-0.2, 0) is 9.59 Å². The largest absolute Gasteiger partial charge is 0.494 e. The summed E-state index contributed by atoms with van der Waals surface area (Å²) in [7, 11) is 0. The van der Waals surface area contributed by atoms with E-state index in [0.29, 0.717) is 38.6 Å². The molecule has 0 fully saturated rings. The monoisotopic (exact) mass is 752 g/mol. The lowest BCUT2D eigenvalue weighted by Crippen LogP contribution is -2.30. The summed E-state index contributed by atoms with van der Waals surface area (Å²) in [4.78, 5) is 45.8. The van der Waals surface area contributed by atoms with Gasteiger partial charge in [0.05, 0.1) is 16.8 Å². The van der Waals surface area contributed by atoms with E-state index in [2.05, 4.69) is 20.9 Å². The van der Waals surface area contributed by atoms with Crippen molar-refractivity contribution in [3.05, 3.63) is 154 Å². The number of anilines is 2. The van der Waals surface area contributed by atoms with Crippen LogP contribution in [-0.4, -0.2) is 29.3 Å². The number of aromatic nitrogens is 1. The lowest BCUT2D eigenvalue weighted by Gasteiger charge is -2.17. The molecule has 5 aromatic carbocycles. The summed E-state index contributed by atoms with van der Waals surface area (Å²) >= 11 is 15.5. The third-order valence-corrected chi connectivity index (χ3v) is 10.3. The predicted molar refractivity (Wildman–Crippen MR) is 208 cm³/mol. The topological polar surface area (TPSA) is 109 Å². The molecule has 256 valence electrons. The van der Waals surface area contributed by atoms with Gasteiger partial charge < -0.3 is 20.7 Å². The van der Waals surface area contributed by atoms with E-state index < -0.39 is 17.1 Å². The lowest BCUT2D eigenvalue weighted by atomic mass is 10.1. The maximum atomic E-state index is 13.7. The number of ether oxygens (including phenoxy) is 1. The number of nitrogens with zero attached hydrogens (tertiary/aromatic N) is 1. The fraction of sp³-hybridized carbons (Fsp3) is 0.0769. The highest BCUT2D eigenvalue weighted by Crippen LogP contribution is 2.38. The summed E-state index contributed by atoms with van der Waals surface area (Å²) in [6, 6.07) is 35.7. The highest BCUT2D eigenvalue weighted by atomic mass is 35.5. The van der Waals surface area contributed by atoms with Crippen molar-refractivity contribution in [2.75, 3.05) is 17.2 Å². The second-order valence-corrected chi connectivity index (χ2v) is 14.0. The molecule has 6 rings (SSSR count). The number of benzene rings is 5. The first-order valence-electron chi connectivity index (χ1n) is 15.8. The normalized spacial score (nSPS) is 11.9. The Bertz CT molecular complexity index is 2190. The molecule has 0 saturated heterocycles. The van der Waals surface area contributed by atoms with Crippen LogP contribution in [0, 0.1) is 0 Å². The van der Waals surface area contributed by atoms with Crippen molar-refractivity contribution >= 4 is 91.1 Å².